The Kier molecular flexibility index (Phi) is 5.77. The van der Waals surface area contributed by atoms with Gasteiger partial charge in [-0.2, -0.15) is 0 Å². The van der Waals surface area contributed by atoms with E-state index in [9.17, 15) is 4.79 Å². The molecule has 1 amide bonds. The van der Waals surface area contributed by atoms with Crippen LogP contribution in [0.4, 0.5) is 0 Å². The van der Waals surface area contributed by atoms with Gasteiger partial charge in [-0.3, -0.25) is 4.79 Å². The number of carbonyl (C=O) groups excluding carboxylic acids is 1. The molecule has 1 unspecified atom stereocenters. The predicted octanol–water partition coefficient (Wildman–Crippen LogP) is 1.67. The van der Waals surface area contributed by atoms with Crippen LogP contribution in [-0.2, 0) is 4.79 Å². The van der Waals surface area contributed by atoms with Gasteiger partial charge in [0.2, 0.25) is 5.91 Å². The smallest absolute Gasteiger partial charge is 0.218 e. The zero-order valence-corrected chi connectivity index (χ0v) is 9.89. The van der Waals surface area contributed by atoms with E-state index < -0.39 is 0 Å². The van der Waals surface area contributed by atoms with Crippen molar-refractivity contribution in [1.29, 1.82) is 0 Å². The maximum Gasteiger partial charge on any atom is 0.218 e. The summed E-state index contributed by atoms with van der Waals surface area (Å²) in [5.41, 5.74) is 5.44. The number of primary amides is 1. The van der Waals surface area contributed by atoms with E-state index in [0.717, 1.165) is 19.4 Å². The SMILES string of the molecule is CCCNC(CC(N)=O)CC(C)(C)C. The molecule has 0 aromatic heterocycles. The zero-order valence-electron chi connectivity index (χ0n) is 9.89. The molecule has 0 rings (SSSR count). The molecule has 0 aliphatic rings. The molecule has 3 nitrogen and oxygen atoms in total. The molecule has 0 saturated carbocycles. The van der Waals surface area contributed by atoms with Gasteiger partial charge in [0, 0.05) is 12.5 Å². The standard InChI is InChI=1S/C11H24N2O/c1-5-6-13-9(7-10(12)14)8-11(2,3)4/h9,13H,5-8H2,1-4H3,(H2,12,14). The molecule has 0 fully saturated rings. The van der Waals surface area contributed by atoms with Gasteiger partial charge in [0.05, 0.1) is 0 Å². The Balaban J connectivity index is 4.03. The number of rotatable bonds is 6. The number of amides is 1. The van der Waals surface area contributed by atoms with E-state index >= 15 is 0 Å². The Morgan fingerprint density at radius 2 is 2.00 bits per heavy atom. The van der Waals surface area contributed by atoms with Crippen LogP contribution in [-0.4, -0.2) is 18.5 Å². The number of hydrogen-bond acceptors (Lipinski definition) is 2. The van der Waals surface area contributed by atoms with Gasteiger partial charge in [-0.15, -0.1) is 0 Å². The lowest BCUT2D eigenvalue weighted by Crippen LogP contribution is -2.36. The summed E-state index contributed by atoms with van der Waals surface area (Å²) in [6.45, 7) is 9.59. The quantitative estimate of drug-likeness (QED) is 0.685. The molecule has 0 radical (unpaired) electrons. The van der Waals surface area contributed by atoms with E-state index in [0.29, 0.717) is 6.42 Å². The Morgan fingerprint density at radius 3 is 2.36 bits per heavy atom. The summed E-state index contributed by atoms with van der Waals surface area (Å²) >= 11 is 0. The second-order valence-electron chi connectivity index (χ2n) is 5.09. The molecule has 14 heavy (non-hydrogen) atoms. The summed E-state index contributed by atoms with van der Waals surface area (Å²) < 4.78 is 0. The summed E-state index contributed by atoms with van der Waals surface area (Å²) in [6, 6.07) is 0.229. The van der Waals surface area contributed by atoms with Crippen molar-refractivity contribution in [3.05, 3.63) is 0 Å². The second-order valence-corrected chi connectivity index (χ2v) is 5.09. The third kappa shape index (κ3) is 8.05. The molecule has 3 N–H and O–H groups in total. The average Bonchev–Trinajstić information content (AvgIpc) is 1.96. The molecule has 0 spiro atoms. The van der Waals surface area contributed by atoms with Crippen molar-refractivity contribution in [2.75, 3.05) is 6.54 Å². The van der Waals surface area contributed by atoms with E-state index in [1.54, 1.807) is 0 Å². The lowest BCUT2D eigenvalue weighted by molar-refractivity contribution is -0.118. The van der Waals surface area contributed by atoms with Crippen LogP contribution in [0.15, 0.2) is 0 Å². The van der Waals surface area contributed by atoms with Crippen LogP contribution in [0.2, 0.25) is 0 Å². The number of carbonyl (C=O) groups is 1. The van der Waals surface area contributed by atoms with Crippen molar-refractivity contribution in [1.82, 2.24) is 5.32 Å². The second kappa shape index (κ2) is 6.02. The van der Waals surface area contributed by atoms with Crippen molar-refractivity contribution in [3.63, 3.8) is 0 Å². The summed E-state index contributed by atoms with van der Waals surface area (Å²) in [6.07, 6.45) is 2.51. The highest BCUT2D eigenvalue weighted by Gasteiger charge is 2.19. The van der Waals surface area contributed by atoms with Crippen LogP contribution in [0.3, 0.4) is 0 Å². The van der Waals surface area contributed by atoms with Crippen LogP contribution in [0.5, 0.6) is 0 Å². The molecular weight excluding hydrogens is 176 g/mol. The minimum Gasteiger partial charge on any atom is -0.370 e. The van der Waals surface area contributed by atoms with Crippen molar-refractivity contribution >= 4 is 5.91 Å². The molecule has 84 valence electrons. The van der Waals surface area contributed by atoms with E-state index in [4.69, 9.17) is 5.73 Å². The molecule has 0 aromatic rings. The molecular formula is C11H24N2O. The molecule has 0 heterocycles. The average molecular weight is 200 g/mol. The van der Waals surface area contributed by atoms with Gasteiger partial charge in [-0.05, 0) is 24.8 Å². The third-order valence-corrected chi connectivity index (χ3v) is 1.99. The van der Waals surface area contributed by atoms with E-state index in [2.05, 4.69) is 33.0 Å². The summed E-state index contributed by atoms with van der Waals surface area (Å²) in [7, 11) is 0. The van der Waals surface area contributed by atoms with Gasteiger partial charge < -0.3 is 11.1 Å². The first-order chi connectivity index (χ1) is 6.35. The fraction of sp³-hybridized carbons (Fsp3) is 0.909. The Bertz CT molecular complexity index is 173. The van der Waals surface area contributed by atoms with Gasteiger partial charge in [0.15, 0.2) is 0 Å². The van der Waals surface area contributed by atoms with Gasteiger partial charge >= 0.3 is 0 Å². The highest BCUT2D eigenvalue weighted by Crippen LogP contribution is 2.21. The van der Waals surface area contributed by atoms with E-state index in [1.807, 2.05) is 0 Å². The predicted molar refractivity (Wildman–Crippen MR) is 60.0 cm³/mol. The summed E-state index contributed by atoms with van der Waals surface area (Å²) in [5.74, 6) is -0.220. The van der Waals surface area contributed by atoms with Crippen molar-refractivity contribution in [2.45, 2.75) is 53.0 Å². The fourth-order valence-corrected chi connectivity index (χ4v) is 1.55. The Morgan fingerprint density at radius 1 is 1.43 bits per heavy atom. The lowest BCUT2D eigenvalue weighted by atomic mass is 9.87. The van der Waals surface area contributed by atoms with Crippen LogP contribution in [0.25, 0.3) is 0 Å². The molecule has 0 aliphatic heterocycles. The molecule has 0 aliphatic carbocycles. The van der Waals surface area contributed by atoms with Gasteiger partial charge in [-0.25, -0.2) is 0 Å². The minimum absolute atomic E-state index is 0.220. The molecule has 0 aromatic carbocycles. The maximum absolute atomic E-state index is 10.8. The first-order valence-corrected chi connectivity index (χ1v) is 5.37. The number of nitrogens with one attached hydrogen (secondary N) is 1. The third-order valence-electron chi connectivity index (χ3n) is 1.99. The lowest BCUT2D eigenvalue weighted by Gasteiger charge is -2.26. The van der Waals surface area contributed by atoms with Gasteiger partial charge in [-0.1, -0.05) is 27.7 Å². The number of nitrogens with two attached hydrogens (primary N) is 1. The molecule has 3 heteroatoms. The minimum atomic E-state index is -0.220. The van der Waals surface area contributed by atoms with Crippen molar-refractivity contribution in [2.24, 2.45) is 11.1 Å². The van der Waals surface area contributed by atoms with Crippen molar-refractivity contribution < 1.29 is 4.79 Å². The van der Waals surface area contributed by atoms with Crippen LogP contribution in [0, 0.1) is 5.41 Å². The zero-order chi connectivity index (χ0) is 11.2. The topological polar surface area (TPSA) is 55.1 Å². The summed E-state index contributed by atoms with van der Waals surface area (Å²) in [4.78, 5) is 10.8. The van der Waals surface area contributed by atoms with Crippen LogP contribution in [0.1, 0.15) is 47.0 Å². The van der Waals surface area contributed by atoms with Crippen LogP contribution >= 0.6 is 0 Å². The molecule has 0 saturated heterocycles. The largest absolute Gasteiger partial charge is 0.370 e. The van der Waals surface area contributed by atoms with Gasteiger partial charge in [0.25, 0.3) is 0 Å². The first-order valence-electron chi connectivity index (χ1n) is 5.37. The molecule has 1 atom stereocenters. The number of hydrogen-bond donors (Lipinski definition) is 2. The van der Waals surface area contributed by atoms with Crippen molar-refractivity contribution in [3.8, 4) is 0 Å². The Hall–Kier alpha value is -0.570. The highest BCUT2D eigenvalue weighted by atomic mass is 16.1. The first kappa shape index (κ1) is 13.4. The monoisotopic (exact) mass is 200 g/mol. The Labute approximate surface area is 87.4 Å². The normalized spacial score (nSPS) is 14.0. The fourth-order valence-electron chi connectivity index (χ4n) is 1.55. The maximum atomic E-state index is 10.8. The molecule has 0 bridgehead atoms. The van der Waals surface area contributed by atoms with E-state index in [-0.39, 0.29) is 17.4 Å². The van der Waals surface area contributed by atoms with Crippen LogP contribution < -0.4 is 11.1 Å². The van der Waals surface area contributed by atoms with E-state index in [1.165, 1.54) is 0 Å². The highest BCUT2D eigenvalue weighted by molar-refractivity contribution is 5.74. The van der Waals surface area contributed by atoms with Gasteiger partial charge in [0.1, 0.15) is 0 Å². The summed E-state index contributed by atoms with van der Waals surface area (Å²) in [5, 5.41) is 3.36.